The first-order valence-corrected chi connectivity index (χ1v) is 6.75. The Labute approximate surface area is 118 Å². The molecule has 0 bridgehead atoms. The van der Waals surface area contributed by atoms with Crippen LogP contribution in [0.1, 0.15) is 12.5 Å². The number of para-hydroxylation sites is 1. The second-order valence-corrected chi connectivity index (χ2v) is 4.66. The normalized spacial score (nSPS) is 12.0. The molecule has 0 spiro atoms. The van der Waals surface area contributed by atoms with Gasteiger partial charge in [0.15, 0.2) is 0 Å². The topological polar surface area (TPSA) is 49.8 Å². The first kappa shape index (κ1) is 15.8. The van der Waals surface area contributed by atoms with Crippen molar-refractivity contribution in [3.8, 4) is 5.75 Å². The summed E-state index contributed by atoms with van der Waals surface area (Å²) in [6.45, 7) is 2.40. The molecule has 0 saturated heterocycles. The number of rotatable bonds is 7. The molecule has 1 amide bonds. The van der Waals surface area contributed by atoms with Gasteiger partial charge in [-0.05, 0) is 6.07 Å². The number of ether oxygens (including phenoxy) is 1. The molecule has 0 aromatic heterocycles. The molecule has 4 nitrogen and oxygen atoms in total. The fourth-order valence-electron chi connectivity index (χ4n) is 1.80. The molecule has 0 aliphatic carbocycles. The van der Waals surface area contributed by atoms with Gasteiger partial charge in [0.2, 0.25) is 5.91 Å². The molecule has 1 atom stereocenters. The lowest BCUT2D eigenvalue weighted by atomic mass is 10.1. The third kappa shape index (κ3) is 4.40. The van der Waals surface area contributed by atoms with Crippen LogP contribution in [0.3, 0.4) is 0 Å². The average molecular weight is 286 g/mol. The Morgan fingerprint density at radius 1 is 1.47 bits per heavy atom. The van der Waals surface area contributed by atoms with Gasteiger partial charge in [-0.15, -0.1) is 11.6 Å². The van der Waals surface area contributed by atoms with E-state index in [0.717, 1.165) is 11.3 Å². The van der Waals surface area contributed by atoms with Crippen molar-refractivity contribution in [3.05, 3.63) is 29.8 Å². The Balaban J connectivity index is 2.86. The summed E-state index contributed by atoms with van der Waals surface area (Å²) < 4.78 is 5.26. The van der Waals surface area contributed by atoms with Gasteiger partial charge >= 0.3 is 0 Å². The molecule has 1 aromatic carbocycles. The van der Waals surface area contributed by atoms with Crippen LogP contribution in [0, 0.1) is 5.92 Å². The van der Waals surface area contributed by atoms with E-state index in [9.17, 15) is 4.79 Å². The maximum absolute atomic E-state index is 12.2. The number of halogens is 1. The zero-order valence-corrected chi connectivity index (χ0v) is 12.1. The molecule has 0 aliphatic rings. The summed E-state index contributed by atoms with van der Waals surface area (Å²) in [5.74, 6) is 0.682. The van der Waals surface area contributed by atoms with Gasteiger partial charge in [-0.2, -0.15) is 0 Å². The fourth-order valence-corrected chi connectivity index (χ4v) is 1.94. The van der Waals surface area contributed by atoms with Gasteiger partial charge in [0.25, 0.3) is 0 Å². The Hall–Kier alpha value is -1.26. The second-order valence-electron chi connectivity index (χ2n) is 4.35. The lowest BCUT2D eigenvalue weighted by Crippen LogP contribution is -2.37. The molecule has 0 aliphatic heterocycles. The van der Waals surface area contributed by atoms with Crippen LogP contribution < -0.4 is 4.74 Å². The van der Waals surface area contributed by atoms with Crippen molar-refractivity contribution >= 4 is 17.5 Å². The number of carbonyl (C=O) groups is 1. The molecular weight excluding hydrogens is 266 g/mol. The van der Waals surface area contributed by atoms with Crippen molar-refractivity contribution in [2.24, 2.45) is 5.92 Å². The van der Waals surface area contributed by atoms with Gasteiger partial charge < -0.3 is 14.7 Å². The largest absolute Gasteiger partial charge is 0.496 e. The summed E-state index contributed by atoms with van der Waals surface area (Å²) in [4.78, 5) is 13.8. The van der Waals surface area contributed by atoms with Gasteiger partial charge in [0.1, 0.15) is 5.75 Å². The average Bonchev–Trinajstić information content (AvgIpc) is 2.45. The van der Waals surface area contributed by atoms with E-state index in [1.54, 1.807) is 18.9 Å². The predicted molar refractivity (Wildman–Crippen MR) is 75.4 cm³/mol. The predicted octanol–water partition coefficient (Wildman–Crippen LogP) is 1.89. The first-order valence-electron chi connectivity index (χ1n) is 6.21. The number of benzene rings is 1. The lowest BCUT2D eigenvalue weighted by molar-refractivity contribution is -0.135. The van der Waals surface area contributed by atoms with Crippen LogP contribution in [0.2, 0.25) is 0 Å². The van der Waals surface area contributed by atoms with Crippen molar-refractivity contribution in [3.63, 3.8) is 0 Å². The van der Waals surface area contributed by atoms with Crippen LogP contribution in [0.4, 0.5) is 0 Å². The van der Waals surface area contributed by atoms with E-state index in [-0.39, 0.29) is 30.9 Å². The summed E-state index contributed by atoms with van der Waals surface area (Å²) in [6, 6.07) is 7.52. The zero-order chi connectivity index (χ0) is 14.3. The van der Waals surface area contributed by atoms with Crippen LogP contribution in [-0.4, -0.2) is 42.1 Å². The fraction of sp³-hybridized carbons (Fsp3) is 0.500. The van der Waals surface area contributed by atoms with Gasteiger partial charge in [-0.3, -0.25) is 4.79 Å². The number of amides is 1. The molecule has 1 unspecified atom stereocenters. The van der Waals surface area contributed by atoms with E-state index in [2.05, 4.69) is 0 Å². The number of aliphatic hydroxyl groups excluding tert-OH is 1. The first-order chi connectivity index (χ1) is 9.13. The highest BCUT2D eigenvalue weighted by Crippen LogP contribution is 2.20. The third-order valence-electron chi connectivity index (χ3n) is 2.89. The molecule has 0 heterocycles. The van der Waals surface area contributed by atoms with E-state index in [0.29, 0.717) is 6.54 Å². The third-order valence-corrected chi connectivity index (χ3v) is 3.35. The highest BCUT2D eigenvalue weighted by molar-refractivity contribution is 6.19. The minimum Gasteiger partial charge on any atom is -0.496 e. The Morgan fingerprint density at radius 3 is 2.74 bits per heavy atom. The van der Waals surface area contributed by atoms with Crippen molar-refractivity contribution < 1.29 is 14.6 Å². The molecule has 1 rings (SSSR count). The van der Waals surface area contributed by atoms with Crippen LogP contribution in [0.5, 0.6) is 5.75 Å². The maximum atomic E-state index is 12.2. The van der Waals surface area contributed by atoms with Gasteiger partial charge in [-0.25, -0.2) is 0 Å². The minimum absolute atomic E-state index is 0.0602. The summed E-state index contributed by atoms with van der Waals surface area (Å²) in [6.07, 6.45) is 0. The molecular formula is C14H20ClNO3. The Bertz CT molecular complexity index is 411. The highest BCUT2D eigenvalue weighted by Gasteiger charge is 2.20. The van der Waals surface area contributed by atoms with Gasteiger partial charge in [0, 0.05) is 30.5 Å². The Kier molecular flexibility index (Phi) is 6.67. The standard InChI is InChI=1S/C14H20ClNO3/c1-11(9-15)14(18)16(7-8-17)10-12-5-3-4-6-13(12)19-2/h3-6,11,17H,7-10H2,1-2H3. The lowest BCUT2D eigenvalue weighted by Gasteiger charge is -2.25. The highest BCUT2D eigenvalue weighted by atomic mass is 35.5. The van der Waals surface area contributed by atoms with Crippen LogP contribution in [0.15, 0.2) is 24.3 Å². The zero-order valence-electron chi connectivity index (χ0n) is 11.3. The number of hydrogen-bond acceptors (Lipinski definition) is 3. The smallest absolute Gasteiger partial charge is 0.226 e. The van der Waals surface area contributed by atoms with E-state index < -0.39 is 0 Å². The van der Waals surface area contributed by atoms with Crippen LogP contribution >= 0.6 is 11.6 Å². The minimum atomic E-state index is -0.261. The summed E-state index contributed by atoms with van der Waals surface area (Å²) in [5.41, 5.74) is 0.911. The monoisotopic (exact) mass is 285 g/mol. The van der Waals surface area contributed by atoms with Gasteiger partial charge in [-0.1, -0.05) is 25.1 Å². The number of carbonyl (C=O) groups excluding carboxylic acids is 1. The molecule has 0 saturated carbocycles. The second kappa shape index (κ2) is 8.02. The molecule has 5 heteroatoms. The molecule has 106 valence electrons. The number of alkyl halides is 1. The van der Waals surface area contributed by atoms with E-state index in [4.69, 9.17) is 21.4 Å². The SMILES string of the molecule is COc1ccccc1CN(CCO)C(=O)C(C)CCl. The van der Waals surface area contributed by atoms with E-state index in [1.165, 1.54) is 0 Å². The van der Waals surface area contributed by atoms with E-state index >= 15 is 0 Å². The molecule has 1 aromatic rings. The summed E-state index contributed by atoms with van der Waals surface area (Å²) in [5, 5.41) is 9.09. The van der Waals surface area contributed by atoms with Crippen LogP contribution in [0.25, 0.3) is 0 Å². The Morgan fingerprint density at radius 2 is 2.16 bits per heavy atom. The van der Waals surface area contributed by atoms with Crippen LogP contribution in [-0.2, 0) is 11.3 Å². The van der Waals surface area contributed by atoms with Crippen molar-refractivity contribution in [2.75, 3.05) is 26.1 Å². The van der Waals surface area contributed by atoms with Crippen molar-refractivity contribution in [2.45, 2.75) is 13.5 Å². The number of hydrogen-bond donors (Lipinski definition) is 1. The van der Waals surface area contributed by atoms with Crippen molar-refractivity contribution in [1.82, 2.24) is 4.90 Å². The number of nitrogens with zero attached hydrogens (tertiary/aromatic N) is 1. The molecule has 1 N–H and O–H groups in total. The summed E-state index contributed by atoms with van der Waals surface area (Å²) in [7, 11) is 1.60. The van der Waals surface area contributed by atoms with E-state index in [1.807, 2.05) is 24.3 Å². The maximum Gasteiger partial charge on any atom is 0.226 e. The molecule has 19 heavy (non-hydrogen) atoms. The van der Waals surface area contributed by atoms with Gasteiger partial charge in [0.05, 0.1) is 13.7 Å². The molecule has 0 fully saturated rings. The number of methoxy groups -OCH3 is 1. The van der Waals surface area contributed by atoms with Crippen molar-refractivity contribution in [1.29, 1.82) is 0 Å². The quantitative estimate of drug-likeness (QED) is 0.779. The molecule has 0 radical (unpaired) electrons. The number of aliphatic hydroxyl groups is 1. The summed E-state index contributed by atoms with van der Waals surface area (Å²) >= 11 is 5.72.